The first-order valence-electron chi connectivity index (χ1n) is 11.2. The van der Waals surface area contributed by atoms with E-state index in [4.69, 9.17) is 5.10 Å². The van der Waals surface area contributed by atoms with E-state index in [-0.39, 0.29) is 5.82 Å². The number of hydrogen-bond acceptors (Lipinski definition) is 3. The van der Waals surface area contributed by atoms with E-state index in [1.807, 2.05) is 16.8 Å². The average molecular weight is 405 g/mol. The predicted molar refractivity (Wildman–Crippen MR) is 119 cm³/mol. The van der Waals surface area contributed by atoms with Crippen molar-refractivity contribution in [2.45, 2.75) is 44.6 Å². The summed E-state index contributed by atoms with van der Waals surface area (Å²) >= 11 is 0. The molecule has 0 saturated carbocycles. The second kappa shape index (κ2) is 8.60. The summed E-state index contributed by atoms with van der Waals surface area (Å²) in [5, 5.41) is 8.57. The van der Waals surface area contributed by atoms with Gasteiger partial charge in [-0.3, -0.25) is 4.90 Å². The molecule has 2 aliphatic rings. The normalized spacial score (nSPS) is 19.7. The molecule has 3 heterocycles. The first kappa shape index (κ1) is 19.3. The predicted octanol–water partition coefficient (Wildman–Crippen LogP) is 5.14. The number of benzene rings is 2. The highest BCUT2D eigenvalue weighted by Crippen LogP contribution is 2.36. The molecule has 5 rings (SSSR count). The molecule has 30 heavy (non-hydrogen) atoms. The summed E-state index contributed by atoms with van der Waals surface area (Å²) in [6.07, 6.45) is 5.62. The van der Waals surface area contributed by atoms with Gasteiger partial charge in [-0.1, -0.05) is 42.5 Å². The van der Waals surface area contributed by atoms with E-state index in [0.717, 1.165) is 57.7 Å². The molecule has 1 fully saturated rings. The summed E-state index contributed by atoms with van der Waals surface area (Å²) in [7, 11) is 0. The van der Waals surface area contributed by atoms with Crippen molar-refractivity contribution in [3.05, 3.63) is 77.2 Å². The Labute approximate surface area is 177 Å². The number of anilines is 1. The Balaban J connectivity index is 1.47. The fourth-order valence-electron chi connectivity index (χ4n) is 4.92. The highest BCUT2D eigenvalue weighted by Gasteiger charge is 2.30. The number of aromatic nitrogens is 2. The Kier molecular flexibility index (Phi) is 5.54. The van der Waals surface area contributed by atoms with Gasteiger partial charge in [0.05, 0.1) is 5.69 Å². The van der Waals surface area contributed by atoms with Gasteiger partial charge in [0.15, 0.2) is 0 Å². The zero-order chi connectivity index (χ0) is 20.3. The van der Waals surface area contributed by atoms with Gasteiger partial charge in [-0.05, 0) is 56.3 Å². The van der Waals surface area contributed by atoms with Crippen LogP contribution in [0.25, 0.3) is 5.69 Å². The maximum atomic E-state index is 14.6. The maximum absolute atomic E-state index is 14.6. The lowest BCUT2D eigenvalue weighted by Crippen LogP contribution is -2.34. The molecule has 5 heteroatoms. The van der Waals surface area contributed by atoms with Crippen molar-refractivity contribution in [3.63, 3.8) is 0 Å². The highest BCUT2D eigenvalue weighted by molar-refractivity contribution is 5.55. The van der Waals surface area contributed by atoms with Gasteiger partial charge in [-0.2, -0.15) is 5.10 Å². The smallest absolute Gasteiger partial charge is 0.148 e. The molecule has 4 nitrogen and oxygen atoms in total. The van der Waals surface area contributed by atoms with Crippen molar-refractivity contribution >= 4 is 5.82 Å². The lowest BCUT2D eigenvalue weighted by molar-refractivity contribution is 0.198. The van der Waals surface area contributed by atoms with Crippen LogP contribution in [-0.4, -0.2) is 34.3 Å². The zero-order valence-corrected chi connectivity index (χ0v) is 17.4. The summed E-state index contributed by atoms with van der Waals surface area (Å²) < 4.78 is 16.4. The number of nitrogens with one attached hydrogen (secondary N) is 1. The molecule has 2 aliphatic heterocycles. The van der Waals surface area contributed by atoms with E-state index in [1.54, 1.807) is 6.07 Å². The number of fused-ring (bicyclic) bond motifs is 1. The summed E-state index contributed by atoms with van der Waals surface area (Å²) in [6.45, 7) is 4.03. The molecular formula is C25H29FN4. The number of halogens is 1. The standard InChI is InChI=1S/C25H29FN4/c26-22-13-4-5-14-23(22)30-25-21(12-6-7-15-27-25)24(28-30)20-11-8-16-29(18-20)17-19-9-2-1-3-10-19/h1-5,9-10,13-14,20,27H,6-8,11-12,15-18H2. The zero-order valence-electron chi connectivity index (χ0n) is 17.4. The van der Waals surface area contributed by atoms with Crippen LogP contribution in [0.4, 0.5) is 10.2 Å². The molecule has 1 saturated heterocycles. The van der Waals surface area contributed by atoms with E-state index < -0.39 is 0 Å². The van der Waals surface area contributed by atoms with Crippen LogP contribution >= 0.6 is 0 Å². The molecule has 1 aromatic heterocycles. The molecule has 3 aromatic rings. The van der Waals surface area contributed by atoms with Crippen molar-refractivity contribution in [3.8, 4) is 5.69 Å². The second-order valence-electron chi connectivity index (χ2n) is 8.52. The molecule has 0 spiro atoms. The van der Waals surface area contributed by atoms with Crippen LogP contribution in [0.3, 0.4) is 0 Å². The van der Waals surface area contributed by atoms with Gasteiger partial charge in [-0.15, -0.1) is 0 Å². The highest BCUT2D eigenvalue weighted by atomic mass is 19.1. The Hall–Kier alpha value is -2.66. The Bertz CT molecular complexity index is 998. The van der Waals surface area contributed by atoms with Gasteiger partial charge in [0.25, 0.3) is 0 Å². The topological polar surface area (TPSA) is 33.1 Å². The van der Waals surface area contributed by atoms with Gasteiger partial charge in [0, 0.05) is 31.1 Å². The van der Waals surface area contributed by atoms with E-state index in [0.29, 0.717) is 11.6 Å². The minimum Gasteiger partial charge on any atom is -0.370 e. The summed E-state index contributed by atoms with van der Waals surface area (Å²) in [4.78, 5) is 2.54. The number of para-hydroxylation sites is 1. The molecule has 0 bridgehead atoms. The summed E-state index contributed by atoms with van der Waals surface area (Å²) in [5.41, 5.74) is 4.35. The van der Waals surface area contributed by atoms with E-state index in [9.17, 15) is 4.39 Å². The van der Waals surface area contributed by atoms with Crippen molar-refractivity contribution in [2.75, 3.05) is 25.0 Å². The second-order valence-corrected chi connectivity index (χ2v) is 8.52. The fourth-order valence-corrected chi connectivity index (χ4v) is 4.92. The van der Waals surface area contributed by atoms with Gasteiger partial charge in [0.1, 0.15) is 17.3 Å². The summed E-state index contributed by atoms with van der Waals surface area (Å²) in [6, 6.07) is 17.6. The molecule has 0 radical (unpaired) electrons. The van der Waals surface area contributed by atoms with E-state index >= 15 is 0 Å². The van der Waals surface area contributed by atoms with Gasteiger partial charge in [-0.25, -0.2) is 9.07 Å². The van der Waals surface area contributed by atoms with E-state index in [1.165, 1.54) is 29.3 Å². The number of hydrogen-bond donors (Lipinski definition) is 1. The molecule has 0 aliphatic carbocycles. The number of rotatable bonds is 4. The summed E-state index contributed by atoms with van der Waals surface area (Å²) in [5.74, 6) is 1.16. The number of piperidine rings is 1. The van der Waals surface area contributed by atoms with Crippen LogP contribution in [0, 0.1) is 5.82 Å². The Morgan fingerprint density at radius 2 is 1.83 bits per heavy atom. The third-order valence-electron chi connectivity index (χ3n) is 6.38. The average Bonchev–Trinajstić information content (AvgIpc) is 2.96. The Morgan fingerprint density at radius 3 is 2.70 bits per heavy atom. The molecule has 156 valence electrons. The lowest BCUT2D eigenvalue weighted by atomic mass is 9.91. The monoisotopic (exact) mass is 404 g/mol. The number of nitrogens with zero attached hydrogens (tertiary/aromatic N) is 3. The fraction of sp³-hybridized carbons (Fsp3) is 0.400. The molecular weight excluding hydrogens is 375 g/mol. The first-order valence-corrected chi connectivity index (χ1v) is 11.2. The van der Waals surface area contributed by atoms with Gasteiger partial charge >= 0.3 is 0 Å². The number of likely N-dealkylation sites (tertiary alicyclic amines) is 1. The van der Waals surface area contributed by atoms with Crippen LogP contribution < -0.4 is 5.32 Å². The van der Waals surface area contributed by atoms with Crippen LogP contribution in [-0.2, 0) is 13.0 Å². The SMILES string of the molecule is Fc1ccccc1-n1nc(C2CCCN(Cc3ccccc3)C2)c2c1NCCCC2. The van der Waals surface area contributed by atoms with Crippen molar-refractivity contribution in [2.24, 2.45) is 0 Å². The molecule has 1 unspecified atom stereocenters. The van der Waals surface area contributed by atoms with Crippen molar-refractivity contribution in [1.29, 1.82) is 0 Å². The van der Waals surface area contributed by atoms with Crippen LogP contribution in [0.2, 0.25) is 0 Å². The van der Waals surface area contributed by atoms with Crippen LogP contribution in [0.15, 0.2) is 54.6 Å². The third-order valence-corrected chi connectivity index (χ3v) is 6.38. The minimum atomic E-state index is -0.227. The minimum absolute atomic E-state index is 0.227. The Morgan fingerprint density at radius 1 is 1.00 bits per heavy atom. The van der Waals surface area contributed by atoms with Gasteiger partial charge in [0.2, 0.25) is 0 Å². The molecule has 2 aromatic carbocycles. The molecule has 1 N–H and O–H groups in total. The maximum Gasteiger partial charge on any atom is 0.148 e. The van der Waals surface area contributed by atoms with Crippen molar-refractivity contribution < 1.29 is 4.39 Å². The molecule has 0 amide bonds. The lowest BCUT2D eigenvalue weighted by Gasteiger charge is -2.32. The first-order chi connectivity index (χ1) is 14.8. The van der Waals surface area contributed by atoms with Crippen molar-refractivity contribution in [1.82, 2.24) is 14.7 Å². The third kappa shape index (κ3) is 3.86. The largest absolute Gasteiger partial charge is 0.370 e. The van der Waals surface area contributed by atoms with E-state index in [2.05, 4.69) is 40.5 Å². The molecule has 1 atom stereocenters. The van der Waals surface area contributed by atoms with Crippen LogP contribution in [0.1, 0.15) is 48.4 Å². The van der Waals surface area contributed by atoms with Crippen LogP contribution in [0.5, 0.6) is 0 Å². The quantitative estimate of drug-likeness (QED) is 0.654. The van der Waals surface area contributed by atoms with Gasteiger partial charge < -0.3 is 5.32 Å².